The van der Waals surface area contributed by atoms with Gasteiger partial charge in [-0.15, -0.1) is 0 Å². The van der Waals surface area contributed by atoms with Crippen molar-refractivity contribution >= 4 is 17.5 Å². The molecule has 0 atom stereocenters. The molecule has 0 radical (unpaired) electrons. The first-order chi connectivity index (χ1) is 12.4. The first kappa shape index (κ1) is 17.4. The third-order valence-electron chi connectivity index (χ3n) is 3.75. The Labute approximate surface area is 153 Å². The first-order valence-corrected chi connectivity index (χ1v) is 9.39. The molecule has 0 unspecified atom stereocenters. The fourth-order valence-electron chi connectivity index (χ4n) is 2.42. The van der Waals surface area contributed by atoms with Gasteiger partial charge < -0.3 is 9.30 Å². The molecule has 3 rings (SSSR count). The average Bonchev–Trinajstić information content (AvgIpc) is 3.19. The third kappa shape index (κ3) is 4.77. The Morgan fingerprint density at radius 2 is 1.92 bits per heavy atom. The molecule has 0 fully saturated rings. The highest BCUT2D eigenvalue weighted by Gasteiger charge is 2.11. The lowest BCUT2D eigenvalue weighted by atomic mass is 10.1. The molecule has 3 nitrogen and oxygen atoms in total. The monoisotopic (exact) mass is 350 g/mol. The standard InChI is InChI=1S/C21H22N2OS/c1-2-3-15-24-21-12-8-7-11-19(21)20(23-14-13-22-17-23)16-25-18-9-5-4-6-10-18/h4-14,16-17H,2-3,15H2,1H3/b20-16-. The largest absolute Gasteiger partial charge is 0.493 e. The summed E-state index contributed by atoms with van der Waals surface area (Å²) in [7, 11) is 0. The summed E-state index contributed by atoms with van der Waals surface area (Å²) in [6.45, 7) is 2.90. The molecule has 128 valence electrons. The number of unbranched alkanes of at least 4 members (excludes halogenated alkanes) is 1. The summed E-state index contributed by atoms with van der Waals surface area (Å²) < 4.78 is 8.05. The predicted molar refractivity (Wildman–Crippen MR) is 105 cm³/mol. The van der Waals surface area contributed by atoms with Crippen molar-refractivity contribution in [3.63, 3.8) is 0 Å². The van der Waals surface area contributed by atoms with Crippen LogP contribution in [0.5, 0.6) is 5.75 Å². The molecule has 4 heteroatoms. The maximum Gasteiger partial charge on any atom is 0.128 e. The van der Waals surface area contributed by atoms with E-state index < -0.39 is 0 Å². The first-order valence-electron chi connectivity index (χ1n) is 8.51. The Kier molecular flexibility index (Phi) is 6.35. The van der Waals surface area contributed by atoms with Crippen LogP contribution in [0.2, 0.25) is 0 Å². The fraction of sp³-hybridized carbons (Fsp3) is 0.190. The van der Waals surface area contributed by atoms with Crippen LogP contribution in [-0.4, -0.2) is 16.2 Å². The van der Waals surface area contributed by atoms with Crippen molar-refractivity contribution in [2.45, 2.75) is 24.7 Å². The van der Waals surface area contributed by atoms with E-state index in [4.69, 9.17) is 4.74 Å². The molecule has 0 spiro atoms. The van der Waals surface area contributed by atoms with Crippen LogP contribution in [0.4, 0.5) is 0 Å². The average molecular weight is 350 g/mol. The van der Waals surface area contributed by atoms with Gasteiger partial charge in [-0.1, -0.05) is 55.4 Å². The minimum atomic E-state index is 0.733. The van der Waals surface area contributed by atoms with E-state index in [9.17, 15) is 0 Å². The quantitative estimate of drug-likeness (QED) is 0.385. The Hall–Kier alpha value is -2.46. The number of aromatic nitrogens is 2. The van der Waals surface area contributed by atoms with E-state index in [1.165, 1.54) is 4.90 Å². The number of hydrogen-bond acceptors (Lipinski definition) is 3. The van der Waals surface area contributed by atoms with Crippen molar-refractivity contribution in [2.24, 2.45) is 0 Å². The molecule has 0 saturated carbocycles. The highest BCUT2D eigenvalue weighted by atomic mass is 32.2. The molecular weight excluding hydrogens is 328 g/mol. The summed E-state index contributed by atoms with van der Waals surface area (Å²) >= 11 is 1.69. The van der Waals surface area contributed by atoms with Gasteiger partial charge in [0, 0.05) is 28.3 Å². The Balaban J connectivity index is 1.93. The minimum Gasteiger partial charge on any atom is -0.493 e. The van der Waals surface area contributed by atoms with Gasteiger partial charge in [-0.25, -0.2) is 4.98 Å². The van der Waals surface area contributed by atoms with Gasteiger partial charge in [-0.3, -0.25) is 0 Å². The van der Waals surface area contributed by atoms with Crippen molar-refractivity contribution in [3.8, 4) is 5.75 Å². The summed E-state index contributed by atoms with van der Waals surface area (Å²) in [5.74, 6) is 0.907. The van der Waals surface area contributed by atoms with Crippen molar-refractivity contribution in [3.05, 3.63) is 84.3 Å². The molecule has 0 bridgehead atoms. The zero-order valence-electron chi connectivity index (χ0n) is 14.3. The van der Waals surface area contributed by atoms with Crippen LogP contribution in [0.1, 0.15) is 25.3 Å². The third-order valence-corrected chi connectivity index (χ3v) is 4.64. The van der Waals surface area contributed by atoms with Crippen LogP contribution in [0, 0.1) is 0 Å². The second-order valence-electron chi connectivity index (χ2n) is 5.60. The van der Waals surface area contributed by atoms with E-state index in [0.29, 0.717) is 0 Å². The Bertz CT molecular complexity index is 798. The lowest BCUT2D eigenvalue weighted by molar-refractivity contribution is 0.308. The number of ether oxygens (including phenoxy) is 1. The lowest BCUT2D eigenvalue weighted by Gasteiger charge is -2.15. The zero-order valence-corrected chi connectivity index (χ0v) is 15.2. The van der Waals surface area contributed by atoms with Gasteiger partial charge in [-0.2, -0.15) is 0 Å². The predicted octanol–water partition coefficient (Wildman–Crippen LogP) is 5.70. The molecule has 0 saturated heterocycles. The van der Waals surface area contributed by atoms with Gasteiger partial charge in [-0.05, 0) is 30.7 Å². The van der Waals surface area contributed by atoms with Crippen LogP contribution >= 0.6 is 11.8 Å². The van der Waals surface area contributed by atoms with Gasteiger partial charge in [0.15, 0.2) is 0 Å². The highest BCUT2D eigenvalue weighted by molar-refractivity contribution is 8.02. The zero-order chi connectivity index (χ0) is 17.3. The van der Waals surface area contributed by atoms with Gasteiger partial charge in [0.1, 0.15) is 5.75 Å². The van der Waals surface area contributed by atoms with Gasteiger partial charge >= 0.3 is 0 Å². The second-order valence-corrected chi connectivity index (χ2v) is 6.54. The minimum absolute atomic E-state index is 0.733. The maximum atomic E-state index is 6.02. The summed E-state index contributed by atoms with van der Waals surface area (Å²) in [4.78, 5) is 5.40. The summed E-state index contributed by atoms with van der Waals surface area (Å²) in [5.41, 5.74) is 2.12. The molecule has 0 aliphatic carbocycles. The van der Waals surface area contributed by atoms with Crippen LogP contribution in [0.25, 0.3) is 5.70 Å². The highest BCUT2D eigenvalue weighted by Crippen LogP contribution is 2.31. The normalized spacial score (nSPS) is 11.5. The van der Waals surface area contributed by atoms with E-state index >= 15 is 0 Å². The molecule has 0 amide bonds. The van der Waals surface area contributed by atoms with Crippen molar-refractivity contribution in [1.82, 2.24) is 9.55 Å². The van der Waals surface area contributed by atoms with Crippen LogP contribution in [0.3, 0.4) is 0 Å². The van der Waals surface area contributed by atoms with Crippen LogP contribution < -0.4 is 4.74 Å². The van der Waals surface area contributed by atoms with E-state index in [1.807, 2.05) is 41.4 Å². The number of rotatable bonds is 8. The van der Waals surface area contributed by atoms with Gasteiger partial charge in [0.05, 0.1) is 18.6 Å². The van der Waals surface area contributed by atoms with E-state index in [0.717, 1.165) is 36.5 Å². The van der Waals surface area contributed by atoms with Crippen LogP contribution in [0.15, 0.2) is 83.6 Å². The smallest absolute Gasteiger partial charge is 0.128 e. The topological polar surface area (TPSA) is 27.1 Å². The number of thioether (sulfide) groups is 1. The molecule has 0 aliphatic rings. The molecule has 2 aromatic carbocycles. The molecule has 3 aromatic rings. The fourth-order valence-corrected chi connectivity index (χ4v) is 3.23. The number of nitrogens with zero attached hydrogens (tertiary/aromatic N) is 2. The second kappa shape index (κ2) is 9.14. The number of imidazole rings is 1. The summed E-state index contributed by atoms with van der Waals surface area (Å²) in [6, 6.07) is 18.5. The van der Waals surface area contributed by atoms with E-state index in [2.05, 4.69) is 47.6 Å². The van der Waals surface area contributed by atoms with Crippen LogP contribution in [-0.2, 0) is 0 Å². The van der Waals surface area contributed by atoms with Crippen molar-refractivity contribution < 1.29 is 4.74 Å². The molecule has 0 N–H and O–H groups in total. The van der Waals surface area contributed by atoms with Gasteiger partial charge in [0.2, 0.25) is 0 Å². The maximum absolute atomic E-state index is 6.02. The molecule has 1 aromatic heterocycles. The summed E-state index contributed by atoms with van der Waals surface area (Å²) in [6.07, 6.45) is 7.75. The molecule has 1 heterocycles. The Morgan fingerprint density at radius 3 is 2.68 bits per heavy atom. The summed E-state index contributed by atoms with van der Waals surface area (Å²) in [5, 5.41) is 2.15. The van der Waals surface area contributed by atoms with Gasteiger partial charge in [0.25, 0.3) is 0 Å². The SMILES string of the molecule is CCCCOc1ccccc1/C(=C/Sc1ccccc1)n1ccnc1. The number of hydrogen-bond donors (Lipinski definition) is 0. The lowest BCUT2D eigenvalue weighted by Crippen LogP contribution is -2.02. The number of para-hydroxylation sites is 1. The van der Waals surface area contributed by atoms with Crippen molar-refractivity contribution in [2.75, 3.05) is 6.61 Å². The van der Waals surface area contributed by atoms with Crippen molar-refractivity contribution in [1.29, 1.82) is 0 Å². The number of benzene rings is 2. The Morgan fingerprint density at radius 1 is 1.12 bits per heavy atom. The molecule has 25 heavy (non-hydrogen) atoms. The van der Waals surface area contributed by atoms with E-state index in [1.54, 1.807) is 18.0 Å². The molecule has 0 aliphatic heterocycles. The van der Waals surface area contributed by atoms with E-state index in [-0.39, 0.29) is 0 Å². The molecular formula is C21H22N2OS.